The molecule has 4 fully saturated rings. The van der Waals surface area contributed by atoms with Gasteiger partial charge in [0.05, 0.1) is 0 Å². The summed E-state index contributed by atoms with van der Waals surface area (Å²) in [5.41, 5.74) is 5.47. The van der Waals surface area contributed by atoms with Crippen molar-refractivity contribution in [1.82, 2.24) is 15.6 Å². The number of nitrogens with zero attached hydrogens (tertiary/aromatic N) is 2. The van der Waals surface area contributed by atoms with Gasteiger partial charge < -0.3 is 0 Å². The summed E-state index contributed by atoms with van der Waals surface area (Å²) < 4.78 is 0. The second-order valence-electron chi connectivity index (χ2n) is 8.85. The van der Waals surface area contributed by atoms with Gasteiger partial charge in [-0.15, -0.1) is 0 Å². The Balaban J connectivity index is 1.22. The quantitative estimate of drug-likeness (QED) is 0.605. The Kier molecular flexibility index (Phi) is 4.38. The lowest BCUT2D eigenvalue weighted by Gasteiger charge is -2.56. The Bertz CT molecular complexity index is 876. The second-order valence-corrected chi connectivity index (χ2v) is 8.85. The number of H-pyrrole nitrogens is 1. The van der Waals surface area contributed by atoms with Crippen molar-refractivity contribution in [3.05, 3.63) is 59.4 Å². The maximum Gasteiger partial charge on any atom is 0.291 e. The normalized spacial score (nSPS) is 31.1. The minimum Gasteiger partial charge on any atom is -0.281 e. The SMILES string of the molecule is O=C(N/N=C\C=C\c1ccccc1)c1cc(C23CC4CC(CC(C4)C2)C3)[nH]n1. The number of rotatable bonds is 5. The Hall–Kier alpha value is -2.69. The van der Waals surface area contributed by atoms with Crippen molar-refractivity contribution in [1.29, 1.82) is 0 Å². The summed E-state index contributed by atoms with van der Waals surface area (Å²) in [5.74, 6) is 2.34. The number of aromatic amines is 1. The van der Waals surface area contributed by atoms with Crippen molar-refractivity contribution in [3.8, 4) is 0 Å². The standard InChI is InChI=1S/C23H26N4O/c28-22(27-24-8-4-7-16-5-2-1-3-6-16)20-12-21(26-25-20)23-13-17-9-18(14-23)11-19(10-17)15-23/h1-8,12,17-19H,9-11,13-15H2,(H,25,26)(H,27,28)/b7-4+,24-8-. The maximum atomic E-state index is 12.4. The summed E-state index contributed by atoms with van der Waals surface area (Å²) in [6, 6.07) is 11.9. The summed E-state index contributed by atoms with van der Waals surface area (Å²) in [6.07, 6.45) is 13.3. The summed E-state index contributed by atoms with van der Waals surface area (Å²) in [5, 5.41) is 11.5. The molecule has 4 aliphatic rings. The number of hydrogen-bond acceptors (Lipinski definition) is 3. The molecule has 28 heavy (non-hydrogen) atoms. The van der Waals surface area contributed by atoms with Crippen molar-refractivity contribution in [2.75, 3.05) is 0 Å². The number of carbonyl (C=O) groups is 1. The predicted octanol–water partition coefficient (Wildman–Crippen LogP) is 4.31. The van der Waals surface area contributed by atoms with Crippen LogP contribution in [0.4, 0.5) is 0 Å². The molecule has 4 saturated carbocycles. The molecule has 5 nitrogen and oxygen atoms in total. The fourth-order valence-electron chi connectivity index (χ4n) is 6.06. The third-order valence-corrected chi connectivity index (χ3v) is 6.84. The highest BCUT2D eigenvalue weighted by Gasteiger charge is 2.52. The van der Waals surface area contributed by atoms with Crippen LogP contribution in [0.2, 0.25) is 0 Å². The molecular formula is C23H26N4O. The van der Waals surface area contributed by atoms with Gasteiger partial charge in [-0.1, -0.05) is 36.4 Å². The minimum absolute atomic E-state index is 0.224. The smallest absolute Gasteiger partial charge is 0.281 e. The monoisotopic (exact) mass is 374 g/mol. The molecule has 4 bridgehead atoms. The van der Waals surface area contributed by atoms with Gasteiger partial charge in [-0.2, -0.15) is 10.2 Å². The van der Waals surface area contributed by atoms with Crippen molar-refractivity contribution in [2.24, 2.45) is 22.9 Å². The van der Waals surface area contributed by atoms with Gasteiger partial charge >= 0.3 is 0 Å². The average Bonchev–Trinajstić information content (AvgIpc) is 3.19. The maximum absolute atomic E-state index is 12.4. The zero-order valence-electron chi connectivity index (χ0n) is 16.0. The van der Waals surface area contributed by atoms with E-state index in [0.717, 1.165) is 29.0 Å². The first-order valence-electron chi connectivity index (χ1n) is 10.3. The molecule has 5 heteroatoms. The summed E-state index contributed by atoms with van der Waals surface area (Å²) in [7, 11) is 0. The molecule has 1 heterocycles. The molecule has 1 aromatic heterocycles. The summed E-state index contributed by atoms with van der Waals surface area (Å²) in [6.45, 7) is 0. The molecule has 1 amide bonds. The molecule has 0 atom stereocenters. The molecule has 0 unspecified atom stereocenters. The molecule has 0 radical (unpaired) electrons. The van der Waals surface area contributed by atoms with Crippen LogP contribution < -0.4 is 5.43 Å². The highest BCUT2D eigenvalue weighted by molar-refractivity contribution is 5.93. The van der Waals surface area contributed by atoms with Gasteiger partial charge in [-0.25, -0.2) is 5.43 Å². The topological polar surface area (TPSA) is 70.1 Å². The van der Waals surface area contributed by atoms with Gasteiger partial charge in [0.15, 0.2) is 5.69 Å². The van der Waals surface area contributed by atoms with E-state index in [1.807, 2.05) is 42.5 Å². The van der Waals surface area contributed by atoms with E-state index in [-0.39, 0.29) is 11.3 Å². The molecule has 144 valence electrons. The second kappa shape index (κ2) is 7.04. The van der Waals surface area contributed by atoms with Gasteiger partial charge in [-0.05, 0) is 74.0 Å². The highest BCUT2D eigenvalue weighted by atomic mass is 16.2. The van der Waals surface area contributed by atoms with Crippen LogP contribution in [-0.4, -0.2) is 22.3 Å². The lowest BCUT2D eigenvalue weighted by atomic mass is 9.49. The summed E-state index contributed by atoms with van der Waals surface area (Å²) in [4.78, 5) is 12.4. The van der Waals surface area contributed by atoms with E-state index in [9.17, 15) is 4.79 Å². The Morgan fingerprint density at radius 1 is 1.11 bits per heavy atom. The fourth-order valence-corrected chi connectivity index (χ4v) is 6.06. The van der Waals surface area contributed by atoms with Crippen molar-refractivity contribution >= 4 is 18.2 Å². The lowest BCUT2D eigenvalue weighted by molar-refractivity contribution is -0.00721. The number of hydrazone groups is 1. The molecule has 0 spiro atoms. The molecule has 0 saturated heterocycles. The summed E-state index contributed by atoms with van der Waals surface area (Å²) >= 11 is 0. The predicted molar refractivity (Wildman–Crippen MR) is 110 cm³/mol. The minimum atomic E-state index is -0.267. The van der Waals surface area contributed by atoms with Gasteiger partial charge in [0.1, 0.15) is 0 Å². The van der Waals surface area contributed by atoms with Gasteiger partial charge in [0.2, 0.25) is 0 Å². The van der Waals surface area contributed by atoms with Crippen LogP contribution in [0, 0.1) is 17.8 Å². The largest absolute Gasteiger partial charge is 0.291 e. The first-order valence-corrected chi connectivity index (χ1v) is 10.3. The van der Waals surface area contributed by atoms with Crippen molar-refractivity contribution in [2.45, 2.75) is 43.9 Å². The van der Waals surface area contributed by atoms with Crippen molar-refractivity contribution in [3.63, 3.8) is 0 Å². The van der Waals surface area contributed by atoms with Crippen molar-refractivity contribution < 1.29 is 4.79 Å². The van der Waals surface area contributed by atoms with Gasteiger partial charge in [-0.3, -0.25) is 9.89 Å². The third kappa shape index (κ3) is 3.30. The van der Waals surface area contributed by atoms with Crippen LogP contribution in [0.15, 0.2) is 47.6 Å². The number of hydrogen-bond donors (Lipinski definition) is 2. The Morgan fingerprint density at radius 2 is 1.79 bits per heavy atom. The molecule has 2 N–H and O–H groups in total. The zero-order valence-corrected chi connectivity index (χ0v) is 16.0. The van der Waals surface area contributed by atoms with E-state index in [2.05, 4.69) is 20.7 Å². The van der Waals surface area contributed by atoms with E-state index in [0.29, 0.717) is 5.69 Å². The number of carbonyl (C=O) groups excluding carboxylic acids is 1. The van der Waals surface area contributed by atoms with E-state index < -0.39 is 0 Å². The van der Waals surface area contributed by atoms with Gasteiger partial charge in [0, 0.05) is 17.3 Å². The Labute approximate surface area is 165 Å². The lowest BCUT2D eigenvalue weighted by Crippen LogP contribution is -2.48. The van der Waals surface area contributed by atoms with Gasteiger partial charge in [0.25, 0.3) is 5.91 Å². The van der Waals surface area contributed by atoms with Crippen LogP contribution in [0.3, 0.4) is 0 Å². The van der Waals surface area contributed by atoms with E-state index in [1.54, 1.807) is 12.3 Å². The molecule has 0 aliphatic heterocycles. The molecular weight excluding hydrogens is 348 g/mol. The first-order chi connectivity index (χ1) is 13.7. The van der Waals surface area contributed by atoms with Crippen LogP contribution in [0.25, 0.3) is 6.08 Å². The number of allylic oxidation sites excluding steroid dienone is 1. The van der Waals surface area contributed by atoms with E-state index in [1.165, 1.54) is 38.5 Å². The average molecular weight is 374 g/mol. The molecule has 6 rings (SSSR count). The molecule has 4 aliphatic carbocycles. The molecule has 1 aromatic carbocycles. The highest BCUT2D eigenvalue weighted by Crippen LogP contribution is 2.60. The van der Waals surface area contributed by atoms with E-state index >= 15 is 0 Å². The van der Waals surface area contributed by atoms with Crippen LogP contribution in [0.1, 0.15) is 60.3 Å². The molecule has 2 aromatic rings. The number of aromatic nitrogens is 2. The van der Waals surface area contributed by atoms with Crippen LogP contribution in [0.5, 0.6) is 0 Å². The third-order valence-electron chi connectivity index (χ3n) is 6.84. The first kappa shape index (κ1) is 17.4. The number of amides is 1. The zero-order chi connectivity index (χ0) is 19.0. The number of benzene rings is 1. The van der Waals surface area contributed by atoms with Crippen LogP contribution >= 0.6 is 0 Å². The van der Waals surface area contributed by atoms with Crippen LogP contribution in [-0.2, 0) is 5.41 Å². The number of nitrogens with one attached hydrogen (secondary N) is 2. The Morgan fingerprint density at radius 3 is 2.46 bits per heavy atom. The fraction of sp³-hybridized carbons (Fsp3) is 0.435. The van der Waals surface area contributed by atoms with E-state index in [4.69, 9.17) is 0 Å².